The van der Waals surface area contributed by atoms with Crippen molar-refractivity contribution >= 4 is 57.6 Å². The molecule has 2 N–H and O–H groups in total. The smallest absolute Gasteiger partial charge is 0.235 e. The van der Waals surface area contributed by atoms with E-state index in [1.807, 2.05) is 33.8 Å². The molecule has 0 saturated heterocycles. The van der Waals surface area contributed by atoms with Crippen LogP contribution in [0.25, 0.3) is 5.13 Å². The highest BCUT2D eigenvalue weighted by Crippen LogP contribution is 2.39. The van der Waals surface area contributed by atoms with Gasteiger partial charge in [0.1, 0.15) is 23.1 Å². The molecular formula is C36H42N10S2. The highest BCUT2D eigenvalue weighted by atomic mass is 32.2. The van der Waals surface area contributed by atoms with Gasteiger partial charge < -0.3 is 10.6 Å². The molecule has 0 spiro atoms. The quantitative estimate of drug-likeness (QED) is 0.116. The number of nitrogens with one attached hydrogen (secondary N) is 2. The average Bonchev–Trinajstić information content (AvgIpc) is 3.61. The second-order valence-corrected chi connectivity index (χ2v) is 15.6. The summed E-state index contributed by atoms with van der Waals surface area (Å²) >= 11 is 3.01. The number of aryl methyl sites for hydroxylation is 7. The van der Waals surface area contributed by atoms with Crippen molar-refractivity contribution in [3.8, 4) is 11.2 Å². The molecule has 0 fully saturated rings. The fraction of sp³-hybridized carbons (Fsp3) is 0.361. The fourth-order valence-electron chi connectivity index (χ4n) is 5.77. The van der Waals surface area contributed by atoms with E-state index in [-0.39, 0.29) is 0 Å². The number of pyridine rings is 1. The largest absolute Gasteiger partial charge is 0.340 e. The van der Waals surface area contributed by atoms with Crippen molar-refractivity contribution in [1.82, 2.24) is 25.0 Å². The van der Waals surface area contributed by atoms with E-state index in [2.05, 4.69) is 99.6 Å². The van der Waals surface area contributed by atoms with Gasteiger partial charge >= 0.3 is 0 Å². The summed E-state index contributed by atoms with van der Waals surface area (Å²) in [5, 5.41) is 41.1. The molecule has 3 aromatic heterocycles. The van der Waals surface area contributed by atoms with Crippen LogP contribution in [0.2, 0.25) is 0 Å². The van der Waals surface area contributed by atoms with Crippen LogP contribution in [0.1, 0.15) is 77.9 Å². The van der Waals surface area contributed by atoms with Crippen LogP contribution in [-0.4, -0.2) is 30.7 Å². The van der Waals surface area contributed by atoms with Crippen LogP contribution in [0, 0.1) is 59.8 Å². The number of nitrogens with zero attached hydrogens (tertiary/aromatic N) is 8. The first-order valence-electron chi connectivity index (χ1n) is 15.8. The van der Waals surface area contributed by atoms with Crippen molar-refractivity contribution in [2.45, 2.75) is 85.9 Å². The lowest BCUT2D eigenvalue weighted by molar-refractivity contribution is 0.558. The van der Waals surface area contributed by atoms with E-state index in [1.54, 1.807) is 16.4 Å². The lowest BCUT2D eigenvalue weighted by Crippen LogP contribution is -2.14. The summed E-state index contributed by atoms with van der Waals surface area (Å²) in [7, 11) is 0. The first-order valence-corrected chi connectivity index (χ1v) is 17.6. The molecule has 10 nitrogen and oxygen atoms in total. The number of hydrogen-bond donors (Lipinski definition) is 2. The number of azo groups is 1. The van der Waals surface area contributed by atoms with E-state index in [0.29, 0.717) is 39.5 Å². The van der Waals surface area contributed by atoms with Crippen LogP contribution in [0.3, 0.4) is 0 Å². The zero-order valence-corrected chi connectivity index (χ0v) is 31.1. The summed E-state index contributed by atoms with van der Waals surface area (Å²) in [4.78, 5) is 5.05. The Kier molecular flexibility index (Phi) is 10.0. The number of hydrogen-bond acceptors (Lipinski definition) is 11. The Morgan fingerprint density at radius 2 is 1.42 bits per heavy atom. The molecule has 0 radical (unpaired) electrons. The van der Waals surface area contributed by atoms with Crippen LogP contribution < -0.4 is 10.6 Å². The molecule has 0 bridgehead atoms. The Labute approximate surface area is 291 Å². The standard InChI is InChI=1S/C36H42N10S2/c1-12-47-35-44-43-34(48-35)46-33(26(18-37)31(45-46)36(9,10)11)42-41-30-25(8)17-27(38-28-21(4)13-19(2)14-22(28)5)39-32(30)40-29-23(6)15-20(3)16-24(29)7/h13-17H,12H2,1-11H3,(H2,38,39,40). The maximum atomic E-state index is 10.4. The third kappa shape index (κ3) is 7.27. The minimum Gasteiger partial charge on any atom is -0.340 e. The van der Waals surface area contributed by atoms with Crippen LogP contribution in [0.4, 0.5) is 34.5 Å². The van der Waals surface area contributed by atoms with Gasteiger partial charge in [0, 0.05) is 16.8 Å². The molecule has 0 atom stereocenters. The van der Waals surface area contributed by atoms with Gasteiger partial charge in [0.2, 0.25) is 5.13 Å². The molecule has 0 unspecified atom stereocenters. The normalized spacial score (nSPS) is 11.7. The molecule has 0 aliphatic heterocycles. The summed E-state index contributed by atoms with van der Waals surface area (Å²) in [6.45, 7) is 22.7. The predicted molar refractivity (Wildman–Crippen MR) is 198 cm³/mol. The summed E-state index contributed by atoms with van der Waals surface area (Å²) < 4.78 is 2.41. The highest BCUT2D eigenvalue weighted by molar-refractivity contribution is 8.01. The monoisotopic (exact) mass is 678 g/mol. The van der Waals surface area contributed by atoms with Crippen molar-refractivity contribution in [2.24, 2.45) is 10.2 Å². The van der Waals surface area contributed by atoms with Gasteiger partial charge in [0.05, 0.1) is 5.69 Å². The Balaban J connectivity index is 1.68. The first kappa shape index (κ1) is 34.7. The van der Waals surface area contributed by atoms with Gasteiger partial charge in [-0.2, -0.15) is 15.0 Å². The van der Waals surface area contributed by atoms with Gasteiger partial charge in [-0.05, 0) is 88.1 Å². The summed E-state index contributed by atoms with van der Waals surface area (Å²) in [6, 6.07) is 12.9. The zero-order valence-electron chi connectivity index (χ0n) is 29.5. The Hall–Kier alpha value is -4.60. The third-order valence-corrected chi connectivity index (χ3v) is 9.72. The number of nitriles is 1. The van der Waals surface area contributed by atoms with E-state index in [9.17, 15) is 5.26 Å². The van der Waals surface area contributed by atoms with E-state index in [4.69, 9.17) is 20.3 Å². The predicted octanol–water partition coefficient (Wildman–Crippen LogP) is 10.5. The van der Waals surface area contributed by atoms with Gasteiger partial charge in [0.15, 0.2) is 16.0 Å². The van der Waals surface area contributed by atoms with Gasteiger partial charge in [-0.25, -0.2) is 4.98 Å². The van der Waals surface area contributed by atoms with Crippen molar-refractivity contribution in [3.63, 3.8) is 0 Å². The summed E-state index contributed by atoms with van der Waals surface area (Å²) in [5.41, 5.74) is 10.8. The maximum Gasteiger partial charge on any atom is 0.235 e. The molecule has 5 aromatic rings. The van der Waals surface area contributed by atoms with Gasteiger partial charge in [-0.1, -0.05) is 86.2 Å². The minimum absolute atomic E-state index is 0.299. The molecular weight excluding hydrogens is 637 g/mol. The second kappa shape index (κ2) is 13.9. The van der Waals surface area contributed by atoms with E-state index >= 15 is 0 Å². The fourth-order valence-corrected chi connectivity index (χ4v) is 7.47. The lowest BCUT2D eigenvalue weighted by atomic mass is 9.90. The van der Waals surface area contributed by atoms with Crippen molar-refractivity contribution in [1.29, 1.82) is 5.26 Å². The minimum atomic E-state index is -0.420. The third-order valence-electron chi connectivity index (χ3n) is 7.81. The van der Waals surface area contributed by atoms with Crippen LogP contribution in [-0.2, 0) is 5.41 Å². The van der Waals surface area contributed by atoms with Crippen molar-refractivity contribution in [2.75, 3.05) is 16.4 Å². The Morgan fingerprint density at radius 3 is 1.96 bits per heavy atom. The van der Waals surface area contributed by atoms with Crippen molar-refractivity contribution in [3.05, 3.63) is 80.5 Å². The molecule has 0 aliphatic rings. The van der Waals surface area contributed by atoms with Crippen LogP contribution in [0.15, 0.2) is 44.9 Å². The van der Waals surface area contributed by atoms with Crippen molar-refractivity contribution < 1.29 is 0 Å². The lowest BCUT2D eigenvalue weighted by Gasteiger charge is -2.18. The van der Waals surface area contributed by atoms with Gasteiger partial charge in [-0.15, -0.1) is 20.4 Å². The van der Waals surface area contributed by atoms with Gasteiger partial charge in [0.25, 0.3) is 0 Å². The number of anilines is 4. The molecule has 0 aliphatic carbocycles. The maximum absolute atomic E-state index is 10.4. The zero-order chi connectivity index (χ0) is 34.9. The molecule has 248 valence electrons. The van der Waals surface area contributed by atoms with Crippen LogP contribution in [0.5, 0.6) is 0 Å². The number of thioether (sulfide) groups is 1. The van der Waals surface area contributed by atoms with E-state index in [1.165, 1.54) is 22.5 Å². The molecule has 0 saturated carbocycles. The summed E-state index contributed by atoms with van der Waals surface area (Å²) in [6.07, 6.45) is 0. The highest BCUT2D eigenvalue weighted by Gasteiger charge is 2.29. The first-order chi connectivity index (χ1) is 22.7. The van der Waals surface area contributed by atoms with Crippen LogP contribution >= 0.6 is 23.1 Å². The number of benzene rings is 2. The molecule has 2 aromatic carbocycles. The topological polar surface area (TPSA) is 129 Å². The second-order valence-electron chi connectivity index (χ2n) is 13.1. The number of rotatable bonds is 9. The van der Waals surface area contributed by atoms with E-state index < -0.39 is 5.41 Å². The van der Waals surface area contributed by atoms with E-state index in [0.717, 1.165) is 49.3 Å². The molecule has 12 heteroatoms. The Morgan fingerprint density at radius 1 is 0.833 bits per heavy atom. The SMILES string of the molecule is CCSc1nnc(-n2nc(C(C)(C)C)c(C#N)c2N=Nc2c(C)cc(Nc3c(C)cc(C)cc3C)nc2Nc2c(C)cc(C)cc2C)s1. The average molecular weight is 679 g/mol. The molecule has 5 rings (SSSR count). The van der Waals surface area contributed by atoms with Gasteiger partial charge in [-0.3, -0.25) is 0 Å². The number of aromatic nitrogens is 5. The molecule has 3 heterocycles. The Bertz CT molecular complexity index is 2030. The molecule has 0 amide bonds. The summed E-state index contributed by atoms with van der Waals surface area (Å²) in [5.74, 6) is 2.39. The molecule has 48 heavy (non-hydrogen) atoms.